The number of hydrogen-bond donors (Lipinski definition) is 0. The van der Waals surface area contributed by atoms with Crippen molar-refractivity contribution in [2.75, 3.05) is 38.2 Å². The highest BCUT2D eigenvalue weighted by Crippen LogP contribution is 2.17. The van der Waals surface area contributed by atoms with Crippen molar-refractivity contribution in [1.29, 1.82) is 0 Å². The number of anilines is 1. The van der Waals surface area contributed by atoms with Crippen LogP contribution in [0.25, 0.3) is 5.82 Å². The van der Waals surface area contributed by atoms with Crippen molar-refractivity contribution in [1.82, 2.24) is 29.9 Å². The van der Waals surface area contributed by atoms with Gasteiger partial charge in [-0.15, -0.1) is 10.2 Å². The summed E-state index contributed by atoms with van der Waals surface area (Å²) in [5.74, 6) is 1.91. The molecule has 1 aliphatic heterocycles. The third-order valence-corrected chi connectivity index (χ3v) is 4.94. The van der Waals surface area contributed by atoms with Gasteiger partial charge in [-0.2, -0.15) is 5.10 Å². The van der Waals surface area contributed by atoms with Crippen LogP contribution < -0.4 is 9.64 Å². The monoisotopic (exact) mass is 393 g/mol. The van der Waals surface area contributed by atoms with Gasteiger partial charge in [0.1, 0.15) is 0 Å². The molecule has 150 valence electrons. The molecular weight excluding hydrogens is 370 g/mol. The van der Waals surface area contributed by atoms with Crippen LogP contribution in [-0.2, 0) is 0 Å². The molecule has 1 fully saturated rings. The molecule has 3 aromatic rings. The second-order valence-corrected chi connectivity index (χ2v) is 6.95. The lowest BCUT2D eigenvalue weighted by Gasteiger charge is -2.35. The van der Waals surface area contributed by atoms with Crippen molar-refractivity contribution in [2.45, 2.75) is 13.8 Å². The van der Waals surface area contributed by atoms with Gasteiger partial charge in [0.2, 0.25) is 5.88 Å². The maximum Gasteiger partial charge on any atom is 0.254 e. The molecule has 3 aromatic heterocycles. The largest absolute Gasteiger partial charge is 0.481 e. The lowest BCUT2D eigenvalue weighted by atomic mass is 10.2. The van der Waals surface area contributed by atoms with Crippen LogP contribution in [-0.4, -0.2) is 69.1 Å². The number of nitrogens with zero attached hydrogens (tertiary/aromatic N) is 7. The number of amides is 1. The van der Waals surface area contributed by atoms with E-state index in [1.165, 1.54) is 7.11 Å². The Balaban J connectivity index is 1.40. The number of rotatable bonds is 4. The highest BCUT2D eigenvalue weighted by Gasteiger charge is 2.23. The molecule has 0 aromatic carbocycles. The van der Waals surface area contributed by atoms with E-state index in [0.29, 0.717) is 43.4 Å². The zero-order chi connectivity index (χ0) is 20.4. The number of piperazine rings is 1. The summed E-state index contributed by atoms with van der Waals surface area (Å²) in [6, 6.07) is 9.25. The van der Waals surface area contributed by atoms with E-state index in [4.69, 9.17) is 4.74 Å². The minimum absolute atomic E-state index is 0.0173. The van der Waals surface area contributed by atoms with E-state index < -0.39 is 0 Å². The molecule has 0 saturated carbocycles. The van der Waals surface area contributed by atoms with Crippen LogP contribution in [0.5, 0.6) is 5.88 Å². The van der Waals surface area contributed by atoms with Crippen molar-refractivity contribution in [3.8, 4) is 11.7 Å². The van der Waals surface area contributed by atoms with Crippen LogP contribution in [0.4, 0.5) is 5.82 Å². The van der Waals surface area contributed by atoms with Crippen molar-refractivity contribution in [3.63, 3.8) is 0 Å². The van der Waals surface area contributed by atoms with Crippen molar-refractivity contribution < 1.29 is 9.53 Å². The topological polar surface area (TPSA) is 89.3 Å². The number of carbonyl (C=O) groups is 1. The van der Waals surface area contributed by atoms with E-state index in [0.717, 1.165) is 17.2 Å². The smallest absolute Gasteiger partial charge is 0.254 e. The SMILES string of the molecule is COc1cc(C(=O)N2CCN(c3ccc(-n4nc(C)cc4C)nn3)CC2)ccn1. The summed E-state index contributed by atoms with van der Waals surface area (Å²) >= 11 is 0. The number of carbonyl (C=O) groups excluding carboxylic acids is 1. The van der Waals surface area contributed by atoms with Crippen LogP contribution in [0.2, 0.25) is 0 Å². The maximum atomic E-state index is 12.7. The molecule has 9 heteroatoms. The molecule has 9 nitrogen and oxygen atoms in total. The average Bonchev–Trinajstić information content (AvgIpc) is 3.11. The second kappa shape index (κ2) is 7.86. The average molecular weight is 393 g/mol. The lowest BCUT2D eigenvalue weighted by Crippen LogP contribution is -2.49. The van der Waals surface area contributed by atoms with Gasteiger partial charge in [-0.3, -0.25) is 4.79 Å². The fourth-order valence-electron chi connectivity index (χ4n) is 3.44. The van der Waals surface area contributed by atoms with E-state index in [-0.39, 0.29) is 5.91 Å². The predicted molar refractivity (Wildman–Crippen MR) is 108 cm³/mol. The van der Waals surface area contributed by atoms with E-state index in [2.05, 4.69) is 25.2 Å². The van der Waals surface area contributed by atoms with Gasteiger partial charge in [0.25, 0.3) is 5.91 Å². The first-order valence-electron chi connectivity index (χ1n) is 9.47. The quantitative estimate of drug-likeness (QED) is 0.666. The summed E-state index contributed by atoms with van der Waals surface area (Å²) in [4.78, 5) is 20.8. The van der Waals surface area contributed by atoms with Gasteiger partial charge in [0, 0.05) is 49.7 Å². The van der Waals surface area contributed by atoms with Crippen molar-refractivity contribution in [2.24, 2.45) is 0 Å². The van der Waals surface area contributed by atoms with Gasteiger partial charge in [0.05, 0.1) is 12.8 Å². The van der Waals surface area contributed by atoms with Crippen LogP contribution in [0.15, 0.2) is 36.5 Å². The van der Waals surface area contributed by atoms with Crippen LogP contribution in [0, 0.1) is 13.8 Å². The Morgan fingerprint density at radius 2 is 1.72 bits per heavy atom. The van der Waals surface area contributed by atoms with Gasteiger partial charge in [-0.05, 0) is 38.1 Å². The molecule has 0 unspecified atom stereocenters. The second-order valence-electron chi connectivity index (χ2n) is 6.95. The first kappa shape index (κ1) is 18.9. The number of methoxy groups -OCH3 is 1. The van der Waals surface area contributed by atoms with Crippen molar-refractivity contribution >= 4 is 11.7 Å². The molecule has 1 aliphatic rings. The molecule has 29 heavy (non-hydrogen) atoms. The molecule has 0 atom stereocenters. The molecule has 0 spiro atoms. The standard InChI is InChI=1S/C20H23N7O2/c1-14-12-15(2)27(24-14)18-5-4-17(22-23-18)25-8-10-26(11-9-25)20(28)16-6-7-21-19(13-16)29-3/h4-7,12-13H,8-11H2,1-3H3. The lowest BCUT2D eigenvalue weighted by molar-refractivity contribution is 0.0746. The molecule has 0 bridgehead atoms. The number of aryl methyl sites for hydroxylation is 2. The number of aromatic nitrogens is 5. The van der Waals surface area contributed by atoms with Crippen LogP contribution in [0.1, 0.15) is 21.7 Å². The van der Waals surface area contributed by atoms with Gasteiger partial charge >= 0.3 is 0 Å². The molecule has 1 saturated heterocycles. The van der Waals surface area contributed by atoms with E-state index >= 15 is 0 Å². The van der Waals surface area contributed by atoms with E-state index in [9.17, 15) is 4.79 Å². The Bertz CT molecular complexity index is 1010. The minimum atomic E-state index is -0.0173. The molecule has 0 aliphatic carbocycles. The summed E-state index contributed by atoms with van der Waals surface area (Å²) in [5.41, 5.74) is 2.55. The first-order chi connectivity index (χ1) is 14.0. The van der Waals surface area contributed by atoms with Gasteiger partial charge in [0.15, 0.2) is 11.6 Å². The Morgan fingerprint density at radius 3 is 2.34 bits per heavy atom. The summed E-state index contributed by atoms with van der Waals surface area (Å²) in [5, 5.41) is 13.1. The third-order valence-electron chi connectivity index (χ3n) is 4.94. The zero-order valence-electron chi connectivity index (χ0n) is 16.7. The van der Waals surface area contributed by atoms with Crippen LogP contribution >= 0.6 is 0 Å². The normalized spacial score (nSPS) is 14.2. The van der Waals surface area contributed by atoms with E-state index in [1.54, 1.807) is 23.0 Å². The minimum Gasteiger partial charge on any atom is -0.481 e. The van der Waals surface area contributed by atoms with Crippen LogP contribution in [0.3, 0.4) is 0 Å². The Hall–Kier alpha value is -3.49. The number of hydrogen-bond acceptors (Lipinski definition) is 7. The fourth-order valence-corrected chi connectivity index (χ4v) is 3.44. The number of pyridine rings is 1. The van der Waals surface area contributed by atoms with Gasteiger partial charge in [-0.1, -0.05) is 0 Å². The first-order valence-corrected chi connectivity index (χ1v) is 9.47. The summed E-state index contributed by atoms with van der Waals surface area (Å²) in [6.45, 7) is 6.57. The Labute approximate surface area is 168 Å². The zero-order valence-corrected chi connectivity index (χ0v) is 16.7. The fraction of sp³-hybridized carbons (Fsp3) is 0.350. The Kier molecular flexibility index (Phi) is 5.11. The molecule has 1 amide bonds. The van der Waals surface area contributed by atoms with Crippen molar-refractivity contribution in [3.05, 3.63) is 53.5 Å². The summed E-state index contributed by atoms with van der Waals surface area (Å²) < 4.78 is 6.89. The van der Waals surface area contributed by atoms with Gasteiger partial charge in [-0.25, -0.2) is 9.67 Å². The molecule has 4 rings (SSSR count). The maximum absolute atomic E-state index is 12.7. The predicted octanol–water partition coefficient (Wildman–Crippen LogP) is 1.65. The molecular formula is C20H23N7O2. The highest BCUT2D eigenvalue weighted by atomic mass is 16.5. The molecule has 0 N–H and O–H groups in total. The summed E-state index contributed by atoms with van der Waals surface area (Å²) in [7, 11) is 1.54. The summed E-state index contributed by atoms with van der Waals surface area (Å²) in [6.07, 6.45) is 1.59. The van der Waals surface area contributed by atoms with E-state index in [1.807, 2.05) is 36.9 Å². The molecule has 0 radical (unpaired) electrons. The van der Waals surface area contributed by atoms with Gasteiger partial charge < -0.3 is 14.5 Å². The third kappa shape index (κ3) is 3.89. The highest BCUT2D eigenvalue weighted by molar-refractivity contribution is 5.94. The Morgan fingerprint density at radius 1 is 1.00 bits per heavy atom. The molecule has 4 heterocycles. The number of ether oxygens (including phenoxy) is 1.